The minimum Gasteiger partial charge on any atom is -0.219 e. The van der Waals surface area contributed by atoms with Gasteiger partial charge >= 0.3 is 4.33 Å². The Hall–Kier alpha value is -2.21. The predicted octanol–water partition coefficient (Wildman–Crippen LogP) is 4.71. The molecule has 0 unspecified atom stereocenters. The Morgan fingerprint density at radius 3 is 1.57 bits per heavy atom. The quantitative estimate of drug-likeness (QED) is 0.633. The van der Waals surface area contributed by atoms with Crippen LogP contribution in [0.5, 0.6) is 0 Å². The van der Waals surface area contributed by atoms with E-state index in [9.17, 15) is 16.8 Å². The average molecular weight is 423 g/mol. The van der Waals surface area contributed by atoms with E-state index in [0.717, 1.165) is 6.08 Å². The summed E-state index contributed by atoms with van der Waals surface area (Å²) in [4.78, 5) is -0.796. The zero-order valence-electron chi connectivity index (χ0n) is 16.0. The molecule has 0 bridgehead atoms. The van der Waals surface area contributed by atoms with Crippen molar-refractivity contribution in [2.45, 2.75) is 41.3 Å². The first-order chi connectivity index (χ1) is 12.9. The second kappa shape index (κ2) is 8.03. The molecule has 0 N–H and O–H groups in total. The van der Waals surface area contributed by atoms with Crippen LogP contribution in [0.3, 0.4) is 0 Å². The van der Waals surface area contributed by atoms with Crippen LogP contribution in [0.4, 0.5) is 4.39 Å². The van der Waals surface area contributed by atoms with Crippen molar-refractivity contribution in [3.8, 4) is 0 Å². The molecule has 0 saturated heterocycles. The van der Waals surface area contributed by atoms with Crippen molar-refractivity contribution in [2.24, 2.45) is 5.41 Å². The molecule has 0 fully saturated rings. The molecule has 0 aliphatic rings. The van der Waals surface area contributed by atoms with Gasteiger partial charge in [-0.25, -0.2) is 21.2 Å². The number of benzene rings is 2. The molecule has 2 aromatic rings. The van der Waals surface area contributed by atoms with E-state index < -0.39 is 40.2 Å². The number of alkyl halides is 1. The first-order valence-electron chi connectivity index (χ1n) is 8.62. The van der Waals surface area contributed by atoms with E-state index in [1.165, 1.54) is 48.5 Å². The maximum Gasteiger partial charge on any atom is 0.321 e. The molecule has 150 valence electrons. The van der Waals surface area contributed by atoms with Crippen LogP contribution < -0.4 is 0 Å². The van der Waals surface area contributed by atoms with Gasteiger partial charge in [0.05, 0.1) is 9.79 Å². The lowest BCUT2D eigenvalue weighted by Crippen LogP contribution is -2.42. The normalized spacial score (nSPS) is 12.9. The first kappa shape index (κ1) is 22.1. The number of hydrogen-bond donors (Lipinski definition) is 0. The van der Waals surface area contributed by atoms with Gasteiger partial charge in [0.25, 0.3) is 0 Å². The summed E-state index contributed by atoms with van der Waals surface area (Å²) >= 11 is 0. The molecule has 0 heterocycles. The van der Waals surface area contributed by atoms with Crippen molar-refractivity contribution < 1.29 is 21.2 Å². The largest absolute Gasteiger partial charge is 0.321 e. The van der Waals surface area contributed by atoms with Crippen molar-refractivity contribution in [1.82, 2.24) is 0 Å². The Bertz CT molecular complexity index is 1010. The third-order valence-electron chi connectivity index (χ3n) is 3.89. The highest BCUT2D eigenvalue weighted by Gasteiger charge is 2.56. The van der Waals surface area contributed by atoms with E-state index in [1.54, 1.807) is 18.2 Å². The molecule has 0 spiro atoms. The van der Waals surface area contributed by atoms with Crippen molar-refractivity contribution in [1.29, 1.82) is 0 Å². The van der Waals surface area contributed by atoms with Crippen molar-refractivity contribution in [3.05, 3.63) is 78.5 Å². The Balaban J connectivity index is 2.67. The third-order valence-corrected chi connectivity index (χ3v) is 8.93. The predicted molar refractivity (Wildman–Crippen MR) is 108 cm³/mol. The lowest BCUT2D eigenvalue weighted by atomic mass is 9.97. The molecule has 4 nitrogen and oxygen atoms in total. The standard InChI is InChI=1S/C21H23FO4S2/c1-20(2,3)16-10-11-17-21(22,27(23,24)18-12-6-4-7-13-18)28(25,26)19-14-8-5-9-15-19/h4-9,11-16H,17H2,1-3H3. The Kier molecular flexibility index (Phi) is 6.34. The molecule has 0 radical (unpaired) electrons. The molecule has 2 aromatic carbocycles. The van der Waals surface area contributed by atoms with Gasteiger partial charge in [-0.1, -0.05) is 57.2 Å². The fraction of sp³-hybridized carbons (Fsp3) is 0.286. The highest BCUT2D eigenvalue weighted by Crippen LogP contribution is 2.40. The SMILES string of the molecule is CC(C)(C)C=C=CCC(F)(S(=O)(=O)c1ccccc1)S(=O)(=O)c1ccccc1. The van der Waals surface area contributed by atoms with Crippen molar-refractivity contribution in [3.63, 3.8) is 0 Å². The van der Waals surface area contributed by atoms with Gasteiger partial charge in [0.1, 0.15) is 0 Å². The number of rotatable bonds is 6. The summed E-state index contributed by atoms with van der Waals surface area (Å²) in [7, 11) is -9.72. The summed E-state index contributed by atoms with van der Waals surface area (Å²) in [6.45, 7) is 5.66. The minimum atomic E-state index is -4.86. The molecule has 0 aliphatic carbocycles. The van der Waals surface area contributed by atoms with E-state index in [0.29, 0.717) is 0 Å². The van der Waals surface area contributed by atoms with E-state index in [4.69, 9.17) is 0 Å². The lowest BCUT2D eigenvalue weighted by molar-refractivity contribution is 0.358. The van der Waals surface area contributed by atoms with Crippen LogP contribution in [-0.2, 0) is 19.7 Å². The summed E-state index contributed by atoms with van der Waals surface area (Å²) in [5, 5.41) is 0. The van der Waals surface area contributed by atoms with Gasteiger partial charge in [0.2, 0.25) is 19.7 Å². The highest BCUT2D eigenvalue weighted by atomic mass is 32.3. The fourth-order valence-electron chi connectivity index (χ4n) is 2.40. The highest BCUT2D eigenvalue weighted by molar-refractivity contribution is 8.10. The first-order valence-corrected chi connectivity index (χ1v) is 11.6. The number of sulfone groups is 2. The van der Waals surface area contributed by atoms with E-state index in [2.05, 4.69) is 5.73 Å². The van der Waals surface area contributed by atoms with Gasteiger partial charge in [-0.2, -0.15) is 0 Å². The second-order valence-corrected chi connectivity index (χ2v) is 11.9. The molecular formula is C21H23FO4S2. The van der Waals surface area contributed by atoms with Crippen molar-refractivity contribution in [2.75, 3.05) is 0 Å². The summed E-state index contributed by atoms with van der Waals surface area (Å²) in [6.07, 6.45) is 1.86. The van der Waals surface area contributed by atoms with Crippen LogP contribution >= 0.6 is 0 Å². The summed E-state index contributed by atoms with van der Waals surface area (Å²) in [6, 6.07) is 13.5. The molecule has 7 heteroatoms. The molecule has 0 aromatic heterocycles. The van der Waals surface area contributed by atoms with Gasteiger partial charge in [-0.3, -0.25) is 0 Å². The zero-order chi connectivity index (χ0) is 21.1. The monoisotopic (exact) mass is 422 g/mol. The Morgan fingerprint density at radius 2 is 1.21 bits per heavy atom. The van der Waals surface area contributed by atoms with Crippen molar-refractivity contribution >= 4 is 19.7 Å². The van der Waals surface area contributed by atoms with Gasteiger partial charge in [-0.15, -0.1) is 5.73 Å². The Morgan fingerprint density at radius 1 is 0.821 bits per heavy atom. The van der Waals surface area contributed by atoms with Crippen LogP contribution in [0.1, 0.15) is 27.2 Å². The maximum atomic E-state index is 16.1. The molecular weight excluding hydrogens is 399 g/mol. The van der Waals surface area contributed by atoms with E-state index in [-0.39, 0.29) is 5.41 Å². The Labute approximate surface area is 166 Å². The molecule has 0 aliphatic heterocycles. The van der Waals surface area contributed by atoms with Crippen LogP contribution in [0, 0.1) is 5.41 Å². The van der Waals surface area contributed by atoms with Crippen LogP contribution in [0.15, 0.2) is 88.3 Å². The zero-order valence-corrected chi connectivity index (χ0v) is 17.6. The lowest BCUT2D eigenvalue weighted by Gasteiger charge is -2.24. The van der Waals surface area contributed by atoms with Gasteiger partial charge in [-0.05, 0) is 41.8 Å². The third kappa shape index (κ3) is 4.43. The average Bonchev–Trinajstić information content (AvgIpc) is 2.65. The van der Waals surface area contributed by atoms with E-state index >= 15 is 4.39 Å². The van der Waals surface area contributed by atoms with Crippen LogP contribution in [0.25, 0.3) is 0 Å². The smallest absolute Gasteiger partial charge is 0.219 e. The molecule has 28 heavy (non-hydrogen) atoms. The van der Waals surface area contributed by atoms with Gasteiger partial charge in [0.15, 0.2) is 0 Å². The fourth-order valence-corrected chi connectivity index (χ4v) is 6.48. The molecule has 2 rings (SSSR count). The topological polar surface area (TPSA) is 68.3 Å². The summed E-state index contributed by atoms with van der Waals surface area (Å²) in [5.74, 6) is 0. The van der Waals surface area contributed by atoms with Crippen LogP contribution in [-0.4, -0.2) is 21.2 Å². The minimum absolute atomic E-state index is 0.272. The number of hydrogen-bond acceptors (Lipinski definition) is 4. The number of allylic oxidation sites excluding steroid dienone is 1. The van der Waals surface area contributed by atoms with Gasteiger partial charge < -0.3 is 0 Å². The van der Waals surface area contributed by atoms with Crippen LogP contribution in [0.2, 0.25) is 0 Å². The number of halogens is 1. The van der Waals surface area contributed by atoms with Gasteiger partial charge in [0, 0.05) is 6.42 Å². The second-order valence-electron chi connectivity index (χ2n) is 7.38. The maximum absolute atomic E-state index is 16.1. The molecule has 0 atom stereocenters. The molecule has 0 saturated carbocycles. The molecule has 0 amide bonds. The summed E-state index contributed by atoms with van der Waals surface area (Å²) in [5.41, 5.74) is 2.44. The van der Waals surface area contributed by atoms with E-state index in [1.807, 2.05) is 20.8 Å². The summed E-state index contributed by atoms with van der Waals surface area (Å²) < 4.78 is 64.7.